The minimum Gasteiger partial charge on any atom is -0.444 e. The third-order valence-electron chi connectivity index (χ3n) is 4.42. The summed E-state index contributed by atoms with van der Waals surface area (Å²) in [5.74, 6) is 6.09. The first kappa shape index (κ1) is 20.0. The van der Waals surface area contributed by atoms with Crippen LogP contribution in [-0.2, 0) is 4.74 Å². The zero-order valence-corrected chi connectivity index (χ0v) is 16.5. The van der Waals surface area contributed by atoms with Gasteiger partial charge in [0, 0.05) is 37.7 Å². The first-order valence-electron chi connectivity index (χ1n) is 9.56. The van der Waals surface area contributed by atoms with Gasteiger partial charge in [0.2, 0.25) is 0 Å². The highest BCUT2D eigenvalue weighted by atomic mass is 19.1. The maximum Gasteiger partial charge on any atom is 0.410 e. The fourth-order valence-corrected chi connectivity index (χ4v) is 2.72. The fraction of sp³-hybridized carbons (Fsp3) is 0.524. The van der Waals surface area contributed by atoms with E-state index in [0.717, 1.165) is 12.8 Å². The topological polar surface area (TPSA) is 61.9 Å². The van der Waals surface area contributed by atoms with Crippen LogP contribution < -0.4 is 5.32 Å². The SMILES string of the molecule is CC(C)(C)OC(=O)N1CCN(C(=O)Nc2cc(C#CC3CC3)ccc2F)CC1. The Hall–Kier alpha value is -2.75. The highest BCUT2D eigenvalue weighted by Crippen LogP contribution is 2.27. The van der Waals surface area contributed by atoms with Gasteiger partial charge in [-0.1, -0.05) is 11.8 Å². The number of amides is 3. The van der Waals surface area contributed by atoms with Gasteiger partial charge in [0.25, 0.3) is 0 Å². The number of nitrogens with zero attached hydrogens (tertiary/aromatic N) is 2. The number of anilines is 1. The van der Waals surface area contributed by atoms with Crippen LogP contribution in [-0.4, -0.2) is 53.7 Å². The second kappa shape index (κ2) is 8.09. The number of benzene rings is 1. The van der Waals surface area contributed by atoms with E-state index in [-0.39, 0.29) is 11.8 Å². The average molecular weight is 387 g/mol. The number of nitrogens with one attached hydrogen (secondary N) is 1. The van der Waals surface area contributed by atoms with Gasteiger partial charge in [0.1, 0.15) is 11.4 Å². The fourth-order valence-electron chi connectivity index (χ4n) is 2.72. The molecule has 150 valence electrons. The molecule has 1 aliphatic carbocycles. The summed E-state index contributed by atoms with van der Waals surface area (Å²) < 4.78 is 19.4. The minimum absolute atomic E-state index is 0.113. The van der Waals surface area contributed by atoms with Crippen LogP contribution in [0.3, 0.4) is 0 Å². The maximum atomic E-state index is 14.1. The lowest BCUT2D eigenvalue weighted by atomic mass is 10.2. The molecule has 28 heavy (non-hydrogen) atoms. The summed E-state index contributed by atoms with van der Waals surface area (Å²) in [5.41, 5.74) is 0.233. The summed E-state index contributed by atoms with van der Waals surface area (Å²) in [6.07, 6.45) is 1.85. The number of hydrogen-bond donors (Lipinski definition) is 1. The van der Waals surface area contributed by atoms with E-state index in [9.17, 15) is 14.0 Å². The first-order valence-corrected chi connectivity index (χ1v) is 9.56. The van der Waals surface area contributed by atoms with Crippen molar-refractivity contribution in [2.24, 2.45) is 5.92 Å². The van der Waals surface area contributed by atoms with Gasteiger partial charge in [-0.15, -0.1) is 0 Å². The smallest absolute Gasteiger partial charge is 0.410 e. The van der Waals surface area contributed by atoms with Gasteiger partial charge in [0.15, 0.2) is 0 Å². The third kappa shape index (κ3) is 5.62. The van der Waals surface area contributed by atoms with E-state index in [1.165, 1.54) is 6.07 Å². The quantitative estimate of drug-likeness (QED) is 0.748. The van der Waals surface area contributed by atoms with Crippen LogP contribution in [0.25, 0.3) is 0 Å². The van der Waals surface area contributed by atoms with Crippen LogP contribution in [0.15, 0.2) is 18.2 Å². The molecule has 1 N–H and O–H groups in total. The summed E-state index contributed by atoms with van der Waals surface area (Å²) in [6.45, 7) is 6.89. The molecule has 2 aliphatic rings. The molecule has 1 aliphatic heterocycles. The predicted molar refractivity (Wildman–Crippen MR) is 104 cm³/mol. The van der Waals surface area contributed by atoms with Crippen LogP contribution in [0.2, 0.25) is 0 Å². The monoisotopic (exact) mass is 387 g/mol. The molecule has 1 aromatic rings. The van der Waals surface area contributed by atoms with Crippen molar-refractivity contribution in [2.45, 2.75) is 39.2 Å². The summed E-state index contributed by atoms with van der Waals surface area (Å²) in [4.78, 5) is 27.7. The lowest BCUT2D eigenvalue weighted by Gasteiger charge is -2.35. The van der Waals surface area contributed by atoms with Gasteiger partial charge in [-0.25, -0.2) is 14.0 Å². The van der Waals surface area contributed by atoms with Crippen molar-refractivity contribution in [3.63, 3.8) is 0 Å². The Labute approximate surface area is 165 Å². The van der Waals surface area contributed by atoms with Crippen molar-refractivity contribution < 1.29 is 18.7 Å². The van der Waals surface area contributed by atoms with E-state index in [1.54, 1.807) is 21.9 Å². The molecule has 3 rings (SSSR count). The lowest BCUT2D eigenvalue weighted by molar-refractivity contribution is 0.0174. The zero-order chi connectivity index (χ0) is 20.3. The number of hydrogen-bond acceptors (Lipinski definition) is 3. The summed E-state index contributed by atoms with van der Waals surface area (Å²) >= 11 is 0. The van der Waals surface area contributed by atoms with Crippen LogP contribution in [0.5, 0.6) is 0 Å². The summed E-state index contributed by atoms with van der Waals surface area (Å²) in [6, 6.07) is 4.09. The first-order chi connectivity index (χ1) is 13.2. The average Bonchev–Trinajstić information content (AvgIpc) is 3.45. The highest BCUT2D eigenvalue weighted by molar-refractivity contribution is 5.90. The number of carbonyl (C=O) groups excluding carboxylic acids is 2. The maximum absolute atomic E-state index is 14.1. The van der Waals surface area contributed by atoms with E-state index in [0.29, 0.717) is 37.7 Å². The van der Waals surface area contributed by atoms with E-state index < -0.39 is 17.4 Å². The summed E-state index contributed by atoms with van der Waals surface area (Å²) in [5, 5.41) is 2.62. The molecule has 1 saturated heterocycles. The number of piperazine rings is 1. The highest BCUT2D eigenvalue weighted by Gasteiger charge is 2.28. The van der Waals surface area contributed by atoms with E-state index in [4.69, 9.17) is 4.74 Å². The number of urea groups is 1. The molecule has 3 amide bonds. The Morgan fingerprint density at radius 1 is 1.14 bits per heavy atom. The van der Waals surface area contributed by atoms with E-state index in [2.05, 4.69) is 17.2 Å². The molecule has 6 nitrogen and oxygen atoms in total. The molecule has 7 heteroatoms. The molecule has 0 atom stereocenters. The lowest BCUT2D eigenvalue weighted by Crippen LogP contribution is -2.52. The van der Waals surface area contributed by atoms with Crippen LogP contribution in [0.4, 0.5) is 19.7 Å². The molecule has 0 aromatic heterocycles. The number of ether oxygens (including phenoxy) is 1. The van der Waals surface area contributed by atoms with Gasteiger partial charge in [-0.3, -0.25) is 0 Å². The molecule has 0 spiro atoms. The molecule has 1 saturated carbocycles. The predicted octanol–water partition coefficient (Wildman–Crippen LogP) is 3.67. The van der Waals surface area contributed by atoms with Gasteiger partial charge >= 0.3 is 12.1 Å². The van der Waals surface area contributed by atoms with Crippen molar-refractivity contribution in [3.8, 4) is 11.8 Å². The van der Waals surface area contributed by atoms with Crippen molar-refractivity contribution >= 4 is 17.8 Å². The zero-order valence-electron chi connectivity index (χ0n) is 16.5. The largest absolute Gasteiger partial charge is 0.444 e. The second-order valence-electron chi connectivity index (χ2n) is 8.12. The number of rotatable bonds is 1. The Morgan fingerprint density at radius 2 is 1.79 bits per heavy atom. The van der Waals surface area contributed by atoms with Crippen LogP contribution >= 0.6 is 0 Å². The van der Waals surface area contributed by atoms with Crippen molar-refractivity contribution in [1.29, 1.82) is 0 Å². The molecule has 2 fully saturated rings. The number of carbonyl (C=O) groups is 2. The Balaban J connectivity index is 1.55. The molecule has 1 aromatic carbocycles. The van der Waals surface area contributed by atoms with Crippen molar-refractivity contribution in [1.82, 2.24) is 9.80 Å². The third-order valence-corrected chi connectivity index (χ3v) is 4.42. The Bertz CT molecular complexity index is 810. The minimum atomic E-state index is -0.559. The van der Waals surface area contributed by atoms with E-state index in [1.807, 2.05) is 20.8 Å². The number of halogens is 1. The summed E-state index contributed by atoms with van der Waals surface area (Å²) in [7, 11) is 0. The Kier molecular flexibility index (Phi) is 5.78. The Morgan fingerprint density at radius 3 is 2.39 bits per heavy atom. The van der Waals surface area contributed by atoms with E-state index >= 15 is 0 Å². The normalized spacial score (nSPS) is 16.9. The van der Waals surface area contributed by atoms with Gasteiger partial charge in [-0.2, -0.15) is 0 Å². The van der Waals surface area contributed by atoms with Gasteiger partial charge in [0.05, 0.1) is 5.69 Å². The molecule has 0 bridgehead atoms. The van der Waals surface area contributed by atoms with Crippen LogP contribution in [0, 0.1) is 23.6 Å². The van der Waals surface area contributed by atoms with Gasteiger partial charge < -0.3 is 19.9 Å². The molecule has 0 unspecified atom stereocenters. The second-order valence-corrected chi connectivity index (χ2v) is 8.12. The standard InChI is InChI=1S/C21H26FN3O3/c1-21(2,3)28-20(27)25-12-10-24(11-13-25)19(26)23-18-14-16(8-9-17(18)22)7-6-15-4-5-15/h8-9,14-15H,4-5,10-13H2,1-3H3,(H,23,26). The molecule has 1 heterocycles. The molecular formula is C21H26FN3O3. The van der Waals surface area contributed by atoms with Crippen LogP contribution in [0.1, 0.15) is 39.2 Å². The molecule has 0 radical (unpaired) electrons. The molecular weight excluding hydrogens is 361 g/mol. The van der Waals surface area contributed by atoms with Crippen molar-refractivity contribution in [2.75, 3.05) is 31.5 Å². The van der Waals surface area contributed by atoms with Crippen molar-refractivity contribution in [3.05, 3.63) is 29.6 Å². The van der Waals surface area contributed by atoms with Gasteiger partial charge in [-0.05, 0) is 51.8 Å².